The zero-order valence-electron chi connectivity index (χ0n) is 14.7. The highest BCUT2D eigenvalue weighted by Gasteiger charge is 2.27. The SMILES string of the molecule is CC(C)(C)OC(=O)N1CCCC(CNc2ccc(NC=O)cc2)C1. The highest BCUT2D eigenvalue weighted by Crippen LogP contribution is 2.20. The summed E-state index contributed by atoms with van der Waals surface area (Å²) in [5.74, 6) is 0.402. The zero-order chi connectivity index (χ0) is 17.6. The summed E-state index contributed by atoms with van der Waals surface area (Å²) in [7, 11) is 0. The summed E-state index contributed by atoms with van der Waals surface area (Å²) in [5.41, 5.74) is 1.31. The quantitative estimate of drug-likeness (QED) is 0.811. The van der Waals surface area contributed by atoms with E-state index in [0.717, 1.165) is 37.3 Å². The zero-order valence-corrected chi connectivity index (χ0v) is 14.7. The van der Waals surface area contributed by atoms with Gasteiger partial charge in [-0.1, -0.05) is 0 Å². The summed E-state index contributed by atoms with van der Waals surface area (Å²) in [6.45, 7) is 7.94. The molecule has 2 N–H and O–H groups in total. The van der Waals surface area contributed by atoms with Crippen LogP contribution in [0.15, 0.2) is 24.3 Å². The molecule has 132 valence electrons. The predicted molar refractivity (Wildman–Crippen MR) is 95.1 cm³/mol. The fourth-order valence-corrected chi connectivity index (χ4v) is 2.74. The Labute approximate surface area is 143 Å². The Morgan fingerprint density at radius 2 is 1.96 bits per heavy atom. The predicted octanol–water partition coefficient (Wildman–Crippen LogP) is 3.31. The maximum atomic E-state index is 12.2. The second-order valence-corrected chi connectivity index (χ2v) is 7.16. The van der Waals surface area contributed by atoms with E-state index < -0.39 is 5.60 Å². The van der Waals surface area contributed by atoms with Crippen molar-refractivity contribution in [3.63, 3.8) is 0 Å². The van der Waals surface area contributed by atoms with Crippen LogP contribution >= 0.6 is 0 Å². The molecular weight excluding hydrogens is 306 g/mol. The average Bonchev–Trinajstić information content (AvgIpc) is 2.53. The number of hydrogen-bond donors (Lipinski definition) is 2. The second kappa shape index (κ2) is 8.04. The Kier molecular flexibility index (Phi) is 6.06. The molecule has 2 rings (SSSR count). The van der Waals surface area contributed by atoms with Crippen LogP contribution in [-0.2, 0) is 9.53 Å². The minimum absolute atomic E-state index is 0.225. The molecule has 1 aliphatic heterocycles. The van der Waals surface area contributed by atoms with Crippen molar-refractivity contribution in [3.8, 4) is 0 Å². The number of likely N-dealkylation sites (tertiary alicyclic amines) is 1. The van der Waals surface area contributed by atoms with Crippen LogP contribution in [0.2, 0.25) is 0 Å². The minimum Gasteiger partial charge on any atom is -0.444 e. The molecule has 1 aromatic rings. The molecule has 0 bridgehead atoms. The topological polar surface area (TPSA) is 70.7 Å². The van der Waals surface area contributed by atoms with Crippen LogP contribution in [0.25, 0.3) is 0 Å². The second-order valence-electron chi connectivity index (χ2n) is 7.16. The Morgan fingerprint density at radius 1 is 1.29 bits per heavy atom. The van der Waals surface area contributed by atoms with Crippen LogP contribution in [0.4, 0.5) is 16.2 Å². The van der Waals surface area contributed by atoms with Gasteiger partial charge in [0.05, 0.1) is 0 Å². The van der Waals surface area contributed by atoms with E-state index in [-0.39, 0.29) is 6.09 Å². The molecule has 1 atom stereocenters. The Morgan fingerprint density at radius 3 is 2.58 bits per heavy atom. The molecule has 0 aliphatic carbocycles. The first kappa shape index (κ1) is 18.1. The van der Waals surface area contributed by atoms with Crippen LogP contribution in [0.1, 0.15) is 33.6 Å². The van der Waals surface area contributed by atoms with E-state index in [4.69, 9.17) is 4.74 Å². The first-order chi connectivity index (χ1) is 11.4. The van der Waals surface area contributed by atoms with Crippen molar-refractivity contribution in [1.29, 1.82) is 0 Å². The number of ether oxygens (including phenoxy) is 1. The van der Waals surface area contributed by atoms with Crippen molar-refractivity contribution in [3.05, 3.63) is 24.3 Å². The molecule has 0 saturated carbocycles. The minimum atomic E-state index is -0.459. The third-order valence-corrected chi connectivity index (χ3v) is 3.88. The van der Waals surface area contributed by atoms with Gasteiger partial charge >= 0.3 is 6.09 Å². The Bertz CT molecular complexity index is 552. The lowest BCUT2D eigenvalue weighted by Gasteiger charge is -2.34. The van der Waals surface area contributed by atoms with Gasteiger partial charge < -0.3 is 20.3 Å². The summed E-state index contributed by atoms with van der Waals surface area (Å²) < 4.78 is 5.46. The number of carbonyl (C=O) groups is 2. The molecule has 6 heteroatoms. The third-order valence-electron chi connectivity index (χ3n) is 3.88. The van der Waals surface area contributed by atoms with Gasteiger partial charge in [0.2, 0.25) is 6.41 Å². The molecule has 1 saturated heterocycles. The molecule has 0 aromatic heterocycles. The number of piperidine rings is 1. The fraction of sp³-hybridized carbons (Fsp3) is 0.556. The van der Waals surface area contributed by atoms with Crippen molar-refractivity contribution in [2.45, 2.75) is 39.2 Å². The fourth-order valence-electron chi connectivity index (χ4n) is 2.74. The van der Waals surface area contributed by atoms with Crippen LogP contribution in [0, 0.1) is 5.92 Å². The number of hydrogen-bond acceptors (Lipinski definition) is 4. The van der Waals surface area contributed by atoms with Gasteiger partial charge in [-0.05, 0) is 63.8 Å². The normalized spacial score (nSPS) is 18.0. The van der Waals surface area contributed by atoms with E-state index in [9.17, 15) is 9.59 Å². The number of nitrogens with zero attached hydrogens (tertiary/aromatic N) is 1. The van der Waals surface area contributed by atoms with Crippen LogP contribution < -0.4 is 10.6 Å². The van der Waals surface area contributed by atoms with Crippen molar-refractivity contribution in [2.75, 3.05) is 30.3 Å². The van der Waals surface area contributed by atoms with E-state index in [0.29, 0.717) is 18.9 Å². The molecule has 1 heterocycles. The van der Waals surface area contributed by atoms with Gasteiger partial charge in [0, 0.05) is 31.0 Å². The van der Waals surface area contributed by atoms with Crippen molar-refractivity contribution < 1.29 is 14.3 Å². The van der Waals surface area contributed by atoms with Crippen molar-refractivity contribution in [2.24, 2.45) is 5.92 Å². The lowest BCUT2D eigenvalue weighted by molar-refractivity contribution is -0.105. The van der Waals surface area contributed by atoms with E-state index in [1.54, 1.807) is 4.90 Å². The van der Waals surface area contributed by atoms with Crippen LogP contribution in [0.3, 0.4) is 0 Å². The van der Waals surface area contributed by atoms with E-state index >= 15 is 0 Å². The van der Waals surface area contributed by atoms with Crippen molar-refractivity contribution >= 4 is 23.9 Å². The van der Waals surface area contributed by atoms with Gasteiger partial charge in [-0.2, -0.15) is 0 Å². The van der Waals surface area contributed by atoms with Gasteiger partial charge in [0.1, 0.15) is 5.60 Å². The summed E-state index contributed by atoms with van der Waals surface area (Å²) in [5, 5.41) is 6.01. The molecule has 2 amide bonds. The summed E-state index contributed by atoms with van der Waals surface area (Å²) in [6.07, 6.45) is 2.53. The van der Waals surface area contributed by atoms with Gasteiger partial charge in [-0.15, -0.1) is 0 Å². The maximum absolute atomic E-state index is 12.2. The van der Waals surface area contributed by atoms with Crippen LogP contribution in [0.5, 0.6) is 0 Å². The number of nitrogens with one attached hydrogen (secondary N) is 2. The smallest absolute Gasteiger partial charge is 0.410 e. The largest absolute Gasteiger partial charge is 0.444 e. The summed E-state index contributed by atoms with van der Waals surface area (Å²) >= 11 is 0. The molecule has 1 fully saturated rings. The monoisotopic (exact) mass is 333 g/mol. The van der Waals surface area contributed by atoms with Crippen LogP contribution in [-0.4, -0.2) is 42.6 Å². The highest BCUT2D eigenvalue weighted by atomic mass is 16.6. The first-order valence-electron chi connectivity index (χ1n) is 8.39. The van der Waals surface area contributed by atoms with Crippen molar-refractivity contribution in [1.82, 2.24) is 4.90 Å². The number of amides is 2. The molecular formula is C18H27N3O3. The molecule has 6 nitrogen and oxygen atoms in total. The summed E-state index contributed by atoms with van der Waals surface area (Å²) in [4.78, 5) is 24.4. The average molecular weight is 333 g/mol. The van der Waals surface area contributed by atoms with Gasteiger partial charge in [-0.3, -0.25) is 4.79 Å². The number of carbonyl (C=O) groups excluding carboxylic acids is 2. The molecule has 0 spiro atoms. The Hall–Kier alpha value is -2.24. The summed E-state index contributed by atoms with van der Waals surface area (Å²) in [6, 6.07) is 7.57. The standard InChI is InChI=1S/C18H27N3O3/c1-18(2,3)24-17(23)21-10-4-5-14(12-21)11-19-15-6-8-16(9-7-15)20-13-22/h6-9,13-14,19H,4-5,10-12H2,1-3H3,(H,20,22). The Balaban J connectivity index is 1.82. The van der Waals surface area contributed by atoms with Gasteiger partial charge in [0.15, 0.2) is 0 Å². The van der Waals surface area contributed by atoms with E-state index in [1.165, 1.54) is 0 Å². The lowest BCUT2D eigenvalue weighted by atomic mass is 9.98. The number of anilines is 2. The number of benzene rings is 1. The molecule has 0 radical (unpaired) electrons. The molecule has 24 heavy (non-hydrogen) atoms. The van der Waals surface area contributed by atoms with Gasteiger partial charge in [0.25, 0.3) is 0 Å². The third kappa shape index (κ3) is 5.76. The molecule has 1 aromatic carbocycles. The van der Waals surface area contributed by atoms with E-state index in [1.807, 2.05) is 45.0 Å². The molecule has 1 aliphatic rings. The first-order valence-corrected chi connectivity index (χ1v) is 8.39. The lowest BCUT2D eigenvalue weighted by Crippen LogP contribution is -2.44. The van der Waals surface area contributed by atoms with Gasteiger partial charge in [-0.25, -0.2) is 4.79 Å². The highest BCUT2D eigenvalue weighted by molar-refractivity contribution is 5.72. The molecule has 1 unspecified atom stereocenters. The number of rotatable bonds is 5. The van der Waals surface area contributed by atoms with E-state index in [2.05, 4.69) is 10.6 Å². The maximum Gasteiger partial charge on any atom is 0.410 e.